The van der Waals surface area contributed by atoms with Crippen LogP contribution in [-0.2, 0) is 12.7 Å². The molecule has 1 aliphatic heterocycles. The Morgan fingerprint density at radius 3 is 2.47 bits per heavy atom. The number of aromatic nitrogens is 2. The minimum Gasteiger partial charge on any atom is -0.457 e. The van der Waals surface area contributed by atoms with Gasteiger partial charge in [-0.05, 0) is 54.8 Å². The summed E-state index contributed by atoms with van der Waals surface area (Å²) in [6.07, 6.45) is -2.79. The van der Waals surface area contributed by atoms with Crippen LogP contribution in [-0.4, -0.2) is 27.5 Å². The van der Waals surface area contributed by atoms with Crippen molar-refractivity contribution in [2.45, 2.75) is 31.6 Å². The average Bonchev–Trinajstić information content (AvgIpc) is 3.15. The highest BCUT2D eigenvalue weighted by molar-refractivity contribution is 5.75. The third-order valence-electron chi connectivity index (χ3n) is 6.27. The number of likely N-dealkylation sites (tertiary alicyclic amines) is 1. The van der Waals surface area contributed by atoms with E-state index in [9.17, 15) is 18.0 Å². The Morgan fingerprint density at radius 1 is 0.941 bits per heavy atom. The molecule has 5 rings (SSSR count). The summed E-state index contributed by atoms with van der Waals surface area (Å²) in [6, 6.07) is 20.2. The summed E-state index contributed by atoms with van der Waals surface area (Å²) in [7, 11) is 0. The standard InChI is InChI=1S/C26H24F3N3O2/c27-26(28,29)21-8-1-4-11-24(21)34-20-7-5-6-18(16-20)17-31-14-12-19(13-15-31)32-23-10-3-2-9-22(23)30-25(32)33/h1-11,16,19H,12-15,17H2,(H,30,33). The Morgan fingerprint density at radius 2 is 1.68 bits per heavy atom. The third kappa shape index (κ3) is 4.59. The summed E-state index contributed by atoms with van der Waals surface area (Å²) in [5.74, 6) is 0.159. The first-order chi connectivity index (χ1) is 16.4. The topological polar surface area (TPSA) is 50.3 Å². The van der Waals surface area contributed by atoms with E-state index in [1.165, 1.54) is 18.2 Å². The van der Waals surface area contributed by atoms with Crippen LogP contribution in [0.25, 0.3) is 11.0 Å². The van der Waals surface area contributed by atoms with Crippen LogP contribution in [0.1, 0.15) is 30.0 Å². The molecule has 0 amide bonds. The van der Waals surface area contributed by atoms with Crippen LogP contribution in [0.5, 0.6) is 11.5 Å². The first-order valence-corrected chi connectivity index (χ1v) is 11.2. The van der Waals surface area contributed by atoms with Gasteiger partial charge in [-0.15, -0.1) is 0 Å². The molecule has 2 heterocycles. The highest BCUT2D eigenvalue weighted by atomic mass is 19.4. The molecule has 3 aromatic carbocycles. The number of nitrogens with zero attached hydrogens (tertiary/aromatic N) is 2. The molecule has 0 spiro atoms. The van der Waals surface area contributed by atoms with Crippen LogP contribution >= 0.6 is 0 Å². The Bertz CT molecular complexity index is 1350. The Hall–Kier alpha value is -3.52. The Kier molecular flexibility index (Phi) is 5.91. The second-order valence-corrected chi connectivity index (χ2v) is 8.57. The first-order valence-electron chi connectivity index (χ1n) is 11.2. The van der Waals surface area contributed by atoms with Crippen molar-refractivity contribution in [3.8, 4) is 11.5 Å². The minimum atomic E-state index is -4.48. The lowest BCUT2D eigenvalue weighted by atomic mass is 10.0. The van der Waals surface area contributed by atoms with Gasteiger partial charge in [-0.1, -0.05) is 36.4 Å². The van der Waals surface area contributed by atoms with Crippen LogP contribution in [0.15, 0.2) is 77.6 Å². The predicted octanol–water partition coefficient (Wildman–Crippen LogP) is 5.98. The molecule has 0 radical (unpaired) electrons. The predicted molar refractivity (Wildman–Crippen MR) is 124 cm³/mol. The number of alkyl halides is 3. The van der Waals surface area contributed by atoms with Gasteiger partial charge in [0.2, 0.25) is 0 Å². The zero-order chi connectivity index (χ0) is 23.7. The SMILES string of the molecule is O=c1[nH]c2ccccc2n1C1CCN(Cc2cccc(Oc3ccccc3C(F)(F)F)c2)CC1. The monoisotopic (exact) mass is 467 g/mol. The molecule has 1 N–H and O–H groups in total. The lowest BCUT2D eigenvalue weighted by Crippen LogP contribution is -2.36. The molecular weight excluding hydrogens is 443 g/mol. The van der Waals surface area contributed by atoms with E-state index < -0.39 is 11.7 Å². The number of hydrogen-bond acceptors (Lipinski definition) is 3. The van der Waals surface area contributed by atoms with Crippen molar-refractivity contribution in [3.63, 3.8) is 0 Å². The van der Waals surface area contributed by atoms with E-state index in [1.54, 1.807) is 18.2 Å². The van der Waals surface area contributed by atoms with Gasteiger partial charge in [-0.25, -0.2) is 4.79 Å². The lowest BCUT2D eigenvalue weighted by molar-refractivity contribution is -0.138. The summed E-state index contributed by atoms with van der Waals surface area (Å²) < 4.78 is 47.3. The number of para-hydroxylation sites is 3. The molecule has 1 saturated heterocycles. The number of fused-ring (bicyclic) bond motifs is 1. The van der Waals surface area contributed by atoms with Crippen LogP contribution in [0, 0.1) is 0 Å². The third-order valence-corrected chi connectivity index (χ3v) is 6.27. The molecule has 1 aromatic heterocycles. The van der Waals surface area contributed by atoms with E-state index in [-0.39, 0.29) is 17.5 Å². The number of H-pyrrole nitrogens is 1. The highest BCUT2D eigenvalue weighted by Gasteiger charge is 2.34. The fourth-order valence-corrected chi connectivity index (χ4v) is 4.65. The molecule has 34 heavy (non-hydrogen) atoms. The summed E-state index contributed by atoms with van der Waals surface area (Å²) in [6.45, 7) is 2.30. The van der Waals surface area contributed by atoms with Gasteiger partial charge in [0.05, 0.1) is 16.6 Å². The Labute approximate surface area is 194 Å². The zero-order valence-electron chi connectivity index (χ0n) is 18.4. The molecular formula is C26H24F3N3O2. The Balaban J connectivity index is 1.25. The maximum absolute atomic E-state index is 13.3. The number of benzene rings is 3. The molecule has 0 unspecified atom stereocenters. The van der Waals surface area contributed by atoms with Crippen molar-refractivity contribution in [1.82, 2.24) is 14.5 Å². The summed E-state index contributed by atoms with van der Waals surface area (Å²) in [5.41, 5.74) is 1.86. The average molecular weight is 467 g/mol. The second kappa shape index (κ2) is 9.02. The van der Waals surface area contributed by atoms with Gasteiger partial charge in [-0.2, -0.15) is 13.2 Å². The van der Waals surface area contributed by atoms with Gasteiger partial charge in [0, 0.05) is 25.7 Å². The summed E-state index contributed by atoms with van der Waals surface area (Å²) in [4.78, 5) is 17.7. The van der Waals surface area contributed by atoms with E-state index in [4.69, 9.17) is 4.74 Å². The number of ether oxygens (including phenoxy) is 1. The zero-order valence-corrected chi connectivity index (χ0v) is 18.4. The van der Waals surface area contributed by atoms with Crippen LogP contribution in [0.4, 0.5) is 13.2 Å². The van der Waals surface area contributed by atoms with Crippen LogP contribution in [0.3, 0.4) is 0 Å². The van der Waals surface area contributed by atoms with Crippen molar-refractivity contribution >= 4 is 11.0 Å². The molecule has 1 aliphatic rings. The lowest BCUT2D eigenvalue weighted by Gasteiger charge is -2.32. The highest BCUT2D eigenvalue weighted by Crippen LogP contribution is 2.38. The molecule has 176 valence electrons. The number of nitrogens with one attached hydrogen (secondary N) is 1. The quantitative estimate of drug-likeness (QED) is 0.393. The van der Waals surface area contributed by atoms with Gasteiger partial charge in [0.1, 0.15) is 11.5 Å². The van der Waals surface area contributed by atoms with E-state index in [0.29, 0.717) is 12.3 Å². The molecule has 0 bridgehead atoms. The number of aromatic amines is 1. The van der Waals surface area contributed by atoms with Crippen molar-refractivity contribution in [2.75, 3.05) is 13.1 Å². The molecule has 5 nitrogen and oxygen atoms in total. The van der Waals surface area contributed by atoms with Crippen LogP contribution < -0.4 is 10.4 Å². The van der Waals surface area contributed by atoms with Gasteiger partial charge in [0.15, 0.2) is 0 Å². The molecule has 0 atom stereocenters. The maximum atomic E-state index is 13.3. The van der Waals surface area contributed by atoms with E-state index >= 15 is 0 Å². The normalized spacial score (nSPS) is 15.6. The number of rotatable bonds is 5. The fraction of sp³-hybridized carbons (Fsp3) is 0.269. The second-order valence-electron chi connectivity index (χ2n) is 8.57. The summed E-state index contributed by atoms with van der Waals surface area (Å²) >= 11 is 0. The number of imidazole rings is 1. The number of hydrogen-bond donors (Lipinski definition) is 1. The first kappa shape index (κ1) is 22.3. The van der Waals surface area contributed by atoms with Gasteiger partial charge in [-0.3, -0.25) is 9.47 Å². The van der Waals surface area contributed by atoms with Crippen molar-refractivity contribution in [1.29, 1.82) is 0 Å². The molecule has 1 fully saturated rings. The summed E-state index contributed by atoms with van der Waals surface area (Å²) in [5, 5.41) is 0. The van der Waals surface area contributed by atoms with Crippen molar-refractivity contribution < 1.29 is 17.9 Å². The number of halogens is 3. The largest absolute Gasteiger partial charge is 0.457 e. The molecule has 8 heteroatoms. The van der Waals surface area contributed by atoms with Crippen LogP contribution in [0.2, 0.25) is 0 Å². The smallest absolute Gasteiger partial charge is 0.419 e. The van der Waals surface area contributed by atoms with E-state index in [0.717, 1.165) is 48.6 Å². The van der Waals surface area contributed by atoms with Crippen molar-refractivity contribution in [2.24, 2.45) is 0 Å². The molecule has 0 aliphatic carbocycles. The minimum absolute atomic E-state index is 0.0800. The molecule has 4 aromatic rings. The molecule has 0 saturated carbocycles. The van der Waals surface area contributed by atoms with E-state index in [2.05, 4.69) is 9.88 Å². The van der Waals surface area contributed by atoms with Gasteiger partial charge < -0.3 is 9.72 Å². The number of piperidine rings is 1. The van der Waals surface area contributed by atoms with Crippen molar-refractivity contribution in [3.05, 3.63) is 94.4 Å². The fourth-order valence-electron chi connectivity index (χ4n) is 4.65. The van der Waals surface area contributed by atoms with E-state index in [1.807, 2.05) is 34.9 Å². The van der Waals surface area contributed by atoms with Gasteiger partial charge >= 0.3 is 11.9 Å². The van der Waals surface area contributed by atoms with Gasteiger partial charge in [0.25, 0.3) is 0 Å². The maximum Gasteiger partial charge on any atom is 0.419 e.